The summed E-state index contributed by atoms with van der Waals surface area (Å²) < 4.78 is 5.14. The molecule has 0 bridgehead atoms. The van der Waals surface area contributed by atoms with E-state index in [9.17, 15) is 0 Å². The molecule has 0 saturated carbocycles. The molecule has 80 valence electrons. The lowest BCUT2D eigenvalue weighted by Gasteiger charge is -2.10. The fourth-order valence-electron chi connectivity index (χ4n) is 0.926. The topological polar surface area (TPSA) is 73.5 Å². The molecule has 0 aliphatic rings. The Morgan fingerprint density at radius 3 is 2.80 bits per heavy atom. The Hall–Kier alpha value is -1.28. The van der Waals surface area contributed by atoms with Gasteiger partial charge >= 0.3 is 0 Å². The molecule has 2 N–H and O–H groups in total. The van der Waals surface area contributed by atoms with Crippen LogP contribution in [0.5, 0.6) is 5.75 Å². The predicted molar refractivity (Wildman–Crippen MR) is 54.8 cm³/mol. The van der Waals surface area contributed by atoms with E-state index in [0.717, 1.165) is 0 Å². The lowest BCUT2D eigenvalue weighted by atomic mass is 10.2. The SMILES string of the molecule is N#Cc1ccc(OC[C@H](O)CO)c(Cl)c1. The molecule has 0 spiro atoms. The number of ether oxygens (including phenoxy) is 1. The first-order valence-corrected chi connectivity index (χ1v) is 4.66. The summed E-state index contributed by atoms with van der Waals surface area (Å²) >= 11 is 5.81. The normalized spacial score (nSPS) is 11.9. The van der Waals surface area contributed by atoms with E-state index in [1.807, 2.05) is 6.07 Å². The van der Waals surface area contributed by atoms with Crippen molar-refractivity contribution in [3.63, 3.8) is 0 Å². The monoisotopic (exact) mass is 227 g/mol. The molecule has 1 aromatic carbocycles. The van der Waals surface area contributed by atoms with Crippen molar-refractivity contribution in [2.75, 3.05) is 13.2 Å². The summed E-state index contributed by atoms with van der Waals surface area (Å²) in [5.74, 6) is 0.378. The maximum absolute atomic E-state index is 9.04. The molecule has 0 unspecified atom stereocenters. The number of aliphatic hydroxyl groups is 2. The van der Waals surface area contributed by atoms with Crippen molar-refractivity contribution in [2.24, 2.45) is 0 Å². The summed E-state index contributed by atoms with van der Waals surface area (Å²) in [5, 5.41) is 26.5. The lowest BCUT2D eigenvalue weighted by Crippen LogP contribution is -2.21. The molecule has 15 heavy (non-hydrogen) atoms. The second-order valence-corrected chi connectivity index (χ2v) is 3.31. The minimum absolute atomic E-state index is 0.0396. The van der Waals surface area contributed by atoms with Crippen molar-refractivity contribution >= 4 is 11.6 Å². The van der Waals surface area contributed by atoms with Crippen LogP contribution in [0.4, 0.5) is 0 Å². The summed E-state index contributed by atoms with van der Waals surface area (Å²) in [6.07, 6.45) is -0.934. The van der Waals surface area contributed by atoms with Gasteiger partial charge in [0.05, 0.1) is 23.3 Å². The largest absolute Gasteiger partial charge is 0.489 e. The van der Waals surface area contributed by atoms with Crippen LogP contribution in [0.1, 0.15) is 5.56 Å². The molecule has 0 fully saturated rings. The van der Waals surface area contributed by atoms with Crippen LogP contribution >= 0.6 is 11.6 Å². The predicted octanol–water partition coefficient (Wildman–Crippen LogP) is 0.944. The van der Waals surface area contributed by atoms with Crippen LogP contribution in [-0.4, -0.2) is 29.5 Å². The van der Waals surface area contributed by atoms with Crippen molar-refractivity contribution in [3.05, 3.63) is 28.8 Å². The highest BCUT2D eigenvalue weighted by molar-refractivity contribution is 6.32. The Morgan fingerprint density at radius 2 is 2.27 bits per heavy atom. The lowest BCUT2D eigenvalue weighted by molar-refractivity contribution is 0.0536. The zero-order valence-electron chi connectivity index (χ0n) is 7.85. The van der Waals surface area contributed by atoms with Crippen molar-refractivity contribution in [3.8, 4) is 11.8 Å². The summed E-state index contributed by atoms with van der Waals surface area (Å²) in [6, 6.07) is 6.52. The molecular formula is C10H10ClNO3. The number of halogens is 1. The van der Waals surface area contributed by atoms with Crippen LogP contribution in [0.25, 0.3) is 0 Å². The minimum Gasteiger partial charge on any atom is -0.489 e. The zero-order chi connectivity index (χ0) is 11.3. The minimum atomic E-state index is -0.934. The van der Waals surface area contributed by atoms with Gasteiger partial charge in [-0.1, -0.05) is 11.6 Å². The Balaban J connectivity index is 2.67. The molecule has 1 rings (SSSR count). The molecular weight excluding hydrogens is 218 g/mol. The van der Waals surface area contributed by atoms with E-state index < -0.39 is 6.10 Å². The van der Waals surface area contributed by atoms with Crippen LogP contribution in [0.15, 0.2) is 18.2 Å². The molecule has 1 atom stereocenters. The highest BCUT2D eigenvalue weighted by Crippen LogP contribution is 2.25. The van der Waals surface area contributed by atoms with Crippen LogP contribution in [0, 0.1) is 11.3 Å². The molecule has 1 aromatic rings. The van der Waals surface area contributed by atoms with E-state index in [-0.39, 0.29) is 13.2 Å². The van der Waals surface area contributed by atoms with Gasteiger partial charge in [-0.05, 0) is 18.2 Å². The Labute approximate surface area is 92.3 Å². The highest BCUT2D eigenvalue weighted by Gasteiger charge is 2.06. The van der Waals surface area contributed by atoms with E-state index >= 15 is 0 Å². The molecule has 0 radical (unpaired) electrons. The number of hydrogen-bond acceptors (Lipinski definition) is 4. The maximum atomic E-state index is 9.04. The highest BCUT2D eigenvalue weighted by atomic mass is 35.5. The van der Waals surface area contributed by atoms with Gasteiger partial charge in [0.25, 0.3) is 0 Å². The Morgan fingerprint density at radius 1 is 1.53 bits per heavy atom. The molecule has 0 saturated heterocycles. The van der Waals surface area contributed by atoms with Gasteiger partial charge < -0.3 is 14.9 Å². The van der Waals surface area contributed by atoms with Gasteiger partial charge in [-0.15, -0.1) is 0 Å². The van der Waals surface area contributed by atoms with Crippen molar-refractivity contribution < 1.29 is 14.9 Å². The van der Waals surface area contributed by atoms with Crippen LogP contribution < -0.4 is 4.74 Å². The van der Waals surface area contributed by atoms with Gasteiger partial charge in [0.2, 0.25) is 0 Å². The van der Waals surface area contributed by atoms with Gasteiger partial charge in [0, 0.05) is 0 Å². The molecule has 0 heterocycles. The third kappa shape index (κ3) is 3.40. The van der Waals surface area contributed by atoms with Gasteiger partial charge in [0.1, 0.15) is 18.5 Å². The van der Waals surface area contributed by atoms with Crippen molar-refractivity contribution in [1.29, 1.82) is 5.26 Å². The average Bonchev–Trinajstić information content (AvgIpc) is 2.26. The quantitative estimate of drug-likeness (QED) is 0.803. The first kappa shape index (κ1) is 11.8. The Bertz CT molecular complexity index is 375. The van der Waals surface area contributed by atoms with E-state index in [2.05, 4.69) is 0 Å². The second-order valence-electron chi connectivity index (χ2n) is 2.90. The smallest absolute Gasteiger partial charge is 0.138 e. The number of benzene rings is 1. The standard InChI is InChI=1S/C10H10ClNO3/c11-9-3-7(4-12)1-2-10(9)15-6-8(14)5-13/h1-3,8,13-14H,5-6H2/t8-/m1/s1. The number of rotatable bonds is 4. The van der Waals surface area contributed by atoms with Crippen LogP contribution in [0.3, 0.4) is 0 Å². The first-order chi connectivity index (χ1) is 7.17. The number of nitrogens with zero attached hydrogens (tertiary/aromatic N) is 1. The average molecular weight is 228 g/mol. The molecule has 4 nitrogen and oxygen atoms in total. The first-order valence-electron chi connectivity index (χ1n) is 4.28. The summed E-state index contributed by atoms with van der Waals surface area (Å²) in [4.78, 5) is 0. The van der Waals surface area contributed by atoms with Gasteiger partial charge in [-0.25, -0.2) is 0 Å². The van der Waals surface area contributed by atoms with Crippen molar-refractivity contribution in [2.45, 2.75) is 6.10 Å². The third-order valence-corrected chi connectivity index (χ3v) is 2.00. The van der Waals surface area contributed by atoms with Crippen LogP contribution in [-0.2, 0) is 0 Å². The Kier molecular flexibility index (Phi) is 4.37. The molecule has 0 amide bonds. The third-order valence-electron chi connectivity index (χ3n) is 1.70. The summed E-state index contributed by atoms with van der Waals surface area (Å²) in [6.45, 7) is -0.407. The fourth-order valence-corrected chi connectivity index (χ4v) is 1.16. The summed E-state index contributed by atoms with van der Waals surface area (Å²) in [7, 11) is 0. The molecule has 5 heteroatoms. The molecule has 0 aliphatic heterocycles. The number of nitriles is 1. The number of hydrogen-bond donors (Lipinski definition) is 2. The number of aliphatic hydroxyl groups excluding tert-OH is 2. The van der Waals surface area contributed by atoms with Crippen LogP contribution in [0.2, 0.25) is 5.02 Å². The second kappa shape index (κ2) is 5.56. The zero-order valence-corrected chi connectivity index (χ0v) is 8.61. The van der Waals surface area contributed by atoms with Gasteiger partial charge in [-0.2, -0.15) is 5.26 Å². The molecule has 0 aliphatic carbocycles. The summed E-state index contributed by atoms with van der Waals surface area (Å²) in [5.41, 5.74) is 0.440. The van der Waals surface area contributed by atoms with E-state index in [4.69, 9.17) is 31.8 Å². The van der Waals surface area contributed by atoms with E-state index in [1.54, 1.807) is 12.1 Å². The van der Waals surface area contributed by atoms with Gasteiger partial charge in [-0.3, -0.25) is 0 Å². The van der Waals surface area contributed by atoms with Gasteiger partial charge in [0.15, 0.2) is 0 Å². The molecule has 0 aromatic heterocycles. The van der Waals surface area contributed by atoms with E-state index in [0.29, 0.717) is 16.3 Å². The van der Waals surface area contributed by atoms with Crippen molar-refractivity contribution in [1.82, 2.24) is 0 Å². The van der Waals surface area contributed by atoms with E-state index in [1.165, 1.54) is 6.07 Å². The maximum Gasteiger partial charge on any atom is 0.138 e. The fraction of sp³-hybridized carbons (Fsp3) is 0.300.